The summed E-state index contributed by atoms with van der Waals surface area (Å²) in [4.78, 5) is 0. The van der Waals surface area contributed by atoms with Crippen LogP contribution in [0, 0.1) is 0 Å². The number of hydrogen-bond acceptors (Lipinski definition) is 2. The summed E-state index contributed by atoms with van der Waals surface area (Å²) in [6.45, 7) is 8.28. The molecule has 1 aliphatic heterocycles. The molecule has 0 amide bonds. The maximum atomic E-state index is 9.92. The molecule has 0 fully saturated rings. The van der Waals surface area contributed by atoms with Crippen LogP contribution in [-0.2, 0) is 12.8 Å². The molecule has 106 valence electrons. The zero-order valence-electron chi connectivity index (χ0n) is 12.7. The van der Waals surface area contributed by atoms with E-state index in [1.165, 1.54) is 23.1 Å². The van der Waals surface area contributed by atoms with Gasteiger partial charge in [-0.1, -0.05) is 25.1 Å². The summed E-state index contributed by atoms with van der Waals surface area (Å²) < 4.78 is 0. The van der Waals surface area contributed by atoms with Crippen LogP contribution >= 0.6 is 0 Å². The van der Waals surface area contributed by atoms with Crippen molar-refractivity contribution < 1.29 is 5.11 Å². The zero-order chi connectivity index (χ0) is 14.0. The Bertz CT molecular complexity index is 433. The van der Waals surface area contributed by atoms with E-state index in [2.05, 4.69) is 37.4 Å². The average Bonchev–Trinajstić information content (AvgIpc) is 2.35. The number of rotatable bonds is 4. The third-order valence-corrected chi connectivity index (χ3v) is 4.21. The summed E-state index contributed by atoms with van der Waals surface area (Å²) >= 11 is 0. The van der Waals surface area contributed by atoms with Gasteiger partial charge in [-0.05, 0) is 63.1 Å². The highest BCUT2D eigenvalue weighted by Crippen LogP contribution is 2.30. The normalized spacial score (nSPS) is 23.2. The Morgan fingerprint density at radius 2 is 2.11 bits per heavy atom. The Balaban J connectivity index is 2.24. The van der Waals surface area contributed by atoms with Crippen LogP contribution in [0.3, 0.4) is 0 Å². The van der Waals surface area contributed by atoms with Gasteiger partial charge in [0.2, 0.25) is 0 Å². The molecule has 1 heterocycles. The molecule has 1 aromatic rings. The number of benzene rings is 1. The second kappa shape index (κ2) is 5.64. The molecule has 0 radical (unpaired) electrons. The van der Waals surface area contributed by atoms with Gasteiger partial charge in [0.05, 0.1) is 5.60 Å². The molecule has 0 saturated carbocycles. The van der Waals surface area contributed by atoms with Gasteiger partial charge in [-0.3, -0.25) is 0 Å². The minimum absolute atomic E-state index is 0.441. The molecule has 0 aromatic heterocycles. The van der Waals surface area contributed by atoms with Crippen LogP contribution in [-0.4, -0.2) is 16.7 Å². The van der Waals surface area contributed by atoms with Gasteiger partial charge in [-0.2, -0.15) is 0 Å². The van der Waals surface area contributed by atoms with E-state index in [1.807, 2.05) is 13.8 Å². The molecule has 1 aromatic carbocycles. The predicted octanol–water partition coefficient (Wildman–Crippen LogP) is 3.38. The predicted molar refractivity (Wildman–Crippen MR) is 80.4 cm³/mol. The molecule has 1 aliphatic rings. The lowest BCUT2D eigenvalue weighted by Gasteiger charge is -2.32. The van der Waals surface area contributed by atoms with Crippen LogP contribution in [0.25, 0.3) is 0 Å². The number of aliphatic hydroxyl groups is 1. The van der Waals surface area contributed by atoms with E-state index >= 15 is 0 Å². The van der Waals surface area contributed by atoms with E-state index in [9.17, 15) is 5.11 Å². The molecular formula is C17H27NO. The van der Waals surface area contributed by atoms with Gasteiger partial charge in [0.1, 0.15) is 0 Å². The van der Waals surface area contributed by atoms with E-state index < -0.39 is 5.60 Å². The van der Waals surface area contributed by atoms with Crippen molar-refractivity contribution in [2.45, 2.75) is 71.1 Å². The minimum Gasteiger partial charge on any atom is -0.390 e. The van der Waals surface area contributed by atoms with Crippen molar-refractivity contribution in [1.82, 2.24) is 5.32 Å². The fraction of sp³-hybridized carbons (Fsp3) is 0.647. The summed E-state index contributed by atoms with van der Waals surface area (Å²) in [5.74, 6) is 0. The number of aryl methyl sites for hydroxylation is 1. The number of fused-ring (bicyclic) bond motifs is 1. The van der Waals surface area contributed by atoms with Crippen LogP contribution in [0.2, 0.25) is 0 Å². The molecular weight excluding hydrogens is 234 g/mol. The largest absolute Gasteiger partial charge is 0.390 e. The first-order valence-corrected chi connectivity index (χ1v) is 7.50. The van der Waals surface area contributed by atoms with Crippen molar-refractivity contribution >= 4 is 0 Å². The average molecular weight is 261 g/mol. The summed E-state index contributed by atoms with van der Waals surface area (Å²) in [7, 11) is 0. The molecule has 2 unspecified atom stereocenters. The van der Waals surface area contributed by atoms with Gasteiger partial charge < -0.3 is 10.4 Å². The molecule has 0 aliphatic carbocycles. The molecule has 0 saturated heterocycles. The topological polar surface area (TPSA) is 32.3 Å². The first-order chi connectivity index (χ1) is 8.90. The van der Waals surface area contributed by atoms with Crippen LogP contribution in [0.5, 0.6) is 0 Å². The fourth-order valence-electron chi connectivity index (χ4n) is 2.99. The van der Waals surface area contributed by atoms with Crippen molar-refractivity contribution in [3.05, 3.63) is 34.9 Å². The van der Waals surface area contributed by atoms with Gasteiger partial charge in [0.15, 0.2) is 0 Å². The van der Waals surface area contributed by atoms with Crippen molar-refractivity contribution in [2.24, 2.45) is 0 Å². The Labute approximate surface area is 117 Å². The van der Waals surface area contributed by atoms with Gasteiger partial charge in [-0.25, -0.2) is 0 Å². The van der Waals surface area contributed by atoms with E-state index in [-0.39, 0.29) is 0 Å². The van der Waals surface area contributed by atoms with Gasteiger partial charge in [-0.15, -0.1) is 0 Å². The Morgan fingerprint density at radius 3 is 2.74 bits per heavy atom. The van der Waals surface area contributed by atoms with Crippen molar-refractivity contribution in [3.8, 4) is 0 Å². The lowest BCUT2D eigenvalue weighted by molar-refractivity contribution is 0.0713. The van der Waals surface area contributed by atoms with Gasteiger partial charge >= 0.3 is 0 Å². The molecule has 19 heavy (non-hydrogen) atoms. The van der Waals surface area contributed by atoms with Crippen LogP contribution in [0.1, 0.15) is 63.3 Å². The summed E-state index contributed by atoms with van der Waals surface area (Å²) in [5, 5.41) is 13.6. The van der Waals surface area contributed by atoms with E-state index in [1.54, 1.807) is 0 Å². The van der Waals surface area contributed by atoms with Crippen molar-refractivity contribution in [1.29, 1.82) is 0 Å². The number of hydrogen-bond donors (Lipinski definition) is 2. The Hall–Kier alpha value is -0.860. The summed E-state index contributed by atoms with van der Waals surface area (Å²) in [6.07, 6.45) is 4.08. The molecule has 2 rings (SSSR count). The summed E-state index contributed by atoms with van der Waals surface area (Å²) in [5.41, 5.74) is 3.81. The molecule has 2 heteroatoms. The lowest BCUT2D eigenvalue weighted by Crippen LogP contribution is -2.38. The highest BCUT2D eigenvalue weighted by Gasteiger charge is 2.24. The minimum atomic E-state index is -0.578. The van der Waals surface area contributed by atoms with Gasteiger partial charge in [0, 0.05) is 12.1 Å². The summed E-state index contributed by atoms with van der Waals surface area (Å²) in [6, 6.07) is 7.66. The third-order valence-electron chi connectivity index (χ3n) is 4.21. The van der Waals surface area contributed by atoms with Crippen LogP contribution in [0.15, 0.2) is 18.2 Å². The third kappa shape index (κ3) is 3.58. The van der Waals surface area contributed by atoms with Crippen LogP contribution in [0.4, 0.5) is 0 Å². The Morgan fingerprint density at radius 1 is 1.37 bits per heavy atom. The van der Waals surface area contributed by atoms with E-state index in [0.717, 1.165) is 19.3 Å². The zero-order valence-corrected chi connectivity index (χ0v) is 12.7. The second-order valence-electron chi connectivity index (χ2n) is 6.50. The first-order valence-electron chi connectivity index (χ1n) is 7.50. The van der Waals surface area contributed by atoms with Crippen molar-refractivity contribution in [2.75, 3.05) is 0 Å². The second-order valence-corrected chi connectivity index (χ2v) is 6.50. The standard InChI is InChI=1S/C17H27NO/c1-5-14-11-16-13(9-10-17(3,4)19)7-6-8-15(16)12(2)18-14/h6-8,12,14,18-19H,5,9-11H2,1-4H3. The highest BCUT2D eigenvalue weighted by atomic mass is 16.3. The molecule has 0 bridgehead atoms. The van der Waals surface area contributed by atoms with E-state index in [0.29, 0.717) is 12.1 Å². The maximum absolute atomic E-state index is 9.92. The quantitative estimate of drug-likeness (QED) is 0.871. The fourth-order valence-corrected chi connectivity index (χ4v) is 2.99. The molecule has 2 N–H and O–H groups in total. The smallest absolute Gasteiger partial charge is 0.0594 e. The Kier molecular flexibility index (Phi) is 4.32. The lowest BCUT2D eigenvalue weighted by atomic mass is 9.84. The highest BCUT2D eigenvalue weighted by molar-refractivity contribution is 5.40. The number of nitrogens with one attached hydrogen (secondary N) is 1. The monoisotopic (exact) mass is 261 g/mol. The molecule has 2 atom stereocenters. The molecule has 0 spiro atoms. The molecule has 2 nitrogen and oxygen atoms in total. The maximum Gasteiger partial charge on any atom is 0.0594 e. The van der Waals surface area contributed by atoms with E-state index in [4.69, 9.17) is 0 Å². The SMILES string of the molecule is CCC1Cc2c(CCC(C)(C)O)cccc2C(C)N1. The van der Waals surface area contributed by atoms with Crippen molar-refractivity contribution in [3.63, 3.8) is 0 Å². The first kappa shape index (κ1) is 14.5. The van der Waals surface area contributed by atoms with Crippen LogP contribution < -0.4 is 5.32 Å². The van der Waals surface area contributed by atoms with Gasteiger partial charge in [0.25, 0.3) is 0 Å².